The fraction of sp³-hybridized carbons (Fsp3) is 0.0244. The van der Waals surface area contributed by atoms with E-state index in [1.807, 2.05) is 24.4 Å². The van der Waals surface area contributed by atoms with Crippen LogP contribution in [-0.2, 0) is 0 Å². The molecule has 4 heteroatoms. The molecule has 2 heterocycles. The molecule has 6 aromatic carbocycles. The maximum Gasteiger partial charge on any atom is 0.227 e. The van der Waals surface area contributed by atoms with Crippen molar-refractivity contribution in [2.75, 3.05) is 0 Å². The van der Waals surface area contributed by atoms with Gasteiger partial charge in [-0.3, -0.25) is 4.98 Å². The van der Waals surface area contributed by atoms with Crippen LogP contribution in [0.4, 0.5) is 0 Å². The van der Waals surface area contributed by atoms with Crippen LogP contribution in [0.3, 0.4) is 0 Å². The summed E-state index contributed by atoms with van der Waals surface area (Å²) in [4.78, 5) is 9.93. The van der Waals surface area contributed by atoms with Crippen LogP contribution in [-0.4, -0.2) is 9.97 Å². The molecule has 0 bridgehead atoms. The van der Waals surface area contributed by atoms with Gasteiger partial charge in [-0.2, -0.15) is 0 Å². The second-order valence-corrected chi connectivity index (χ2v) is 13.7. The standard InChI is InChI=1S/C41H27N2OP/c1-3-13-29(14-4-1)45(30-15-5-2-6-16-30)40-33-18-8-7-17-31(33)32-23-24-37-39(38(32)40)43-41(44-37)34-19-11-12-27-21-22-28(26-35(27)34)36-20-9-10-25-42-36/h1-26,40H. The first-order valence-corrected chi connectivity index (χ1v) is 16.6. The van der Waals surface area contributed by atoms with Crippen molar-refractivity contribution in [2.45, 2.75) is 5.66 Å². The number of benzene rings is 6. The number of fused-ring (bicyclic) bond motifs is 6. The summed E-state index contributed by atoms with van der Waals surface area (Å²) in [5, 5.41) is 4.94. The van der Waals surface area contributed by atoms with E-state index in [4.69, 9.17) is 9.40 Å². The molecule has 0 aliphatic heterocycles. The van der Waals surface area contributed by atoms with Gasteiger partial charge >= 0.3 is 0 Å². The van der Waals surface area contributed by atoms with Gasteiger partial charge in [0.05, 0.1) is 5.69 Å². The van der Waals surface area contributed by atoms with E-state index in [1.54, 1.807) is 0 Å². The average Bonchev–Trinajstić information content (AvgIpc) is 3.69. The molecular formula is C41H27N2OP. The lowest BCUT2D eigenvalue weighted by atomic mass is 10.0. The summed E-state index contributed by atoms with van der Waals surface area (Å²) in [6.07, 6.45) is 1.83. The molecule has 0 fully saturated rings. The van der Waals surface area contributed by atoms with E-state index < -0.39 is 7.92 Å². The lowest BCUT2D eigenvalue weighted by Gasteiger charge is -2.27. The smallest absolute Gasteiger partial charge is 0.227 e. The molecular weight excluding hydrogens is 567 g/mol. The van der Waals surface area contributed by atoms with E-state index in [0.29, 0.717) is 5.89 Å². The highest BCUT2D eigenvalue weighted by Crippen LogP contribution is 2.62. The first kappa shape index (κ1) is 26.1. The fourth-order valence-electron chi connectivity index (χ4n) is 6.82. The van der Waals surface area contributed by atoms with Crippen molar-refractivity contribution in [2.24, 2.45) is 0 Å². The highest BCUT2D eigenvalue weighted by atomic mass is 31.1. The number of hydrogen-bond donors (Lipinski definition) is 0. The quantitative estimate of drug-likeness (QED) is 0.186. The van der Waals surface area contributed by atoms with Gasteiger partial charge in [0.15, 0.2) is 5.58 Å². The van der Waals surface area contributed by atoms with Crippen LogP contribution in [0.5, 0.6) is 0 Å². The topological polar surface area (TPSA) is 38.9 Å². The van der Waals surface area contributed by atoms with Crippen LogP contribution < -0.4 is 10.6 Å². The maximum atomic E-state index is 6.65. The lowest BCUT2D eigenvalue weighted by molar-refractivity contribution is 0.620. The number of nitrogens with zero attached hydrogens (tertiary/aromatic N) is 2. The summed E-state index contributed by atoms with van der Waals surface area (Å²) in [6, 6.07) is 54.0. The fourth-order valence-corrected chi connectivity index (χ4v) is 9.73. The Morgan fingerprint density at radius 3 is 2.09 bits per heavy atom. The molecule has 1 aliphatic rings. The molecule has 0 radical (unpaired) electrons. The van der Waals surface area contributed by atoms with E-state index in [2.05, 4.69) is 138 Å². The number of hydrogen-bond acceptors (Lipinski definition) is 3. The van der Waals surface area contributed by atoms with Gasteiger partial charge in [-0.1, -0.05) is 121 Å². The van der Waals surface area contributed by atoms with E-state index in [1.165, 1.54) is 32.9 Å². The van der Waals surface area contributed by atoms with Gasteiger partial charge in [-0.25, -0.2) is 4.98 Å². The molecule has 45 heavy (non-hydrogen) atoms. The Bertz CT molecular complexity index is 2290. The molecule has 9 rings (SSSR count). The van der Waals surface area contributed by atoms with Crippen LogP contribution in [0.15, 0.2) is 162 Å². The summed E-state index contributed by atoms with van der Waals surface area (Å²) in [5.41, 5.74) is 10.0. The second-order valence-electron chi connectivity index (χ2n) is 11.4. The third kappa shape index (κ3) is 4.31. The minimum atomic E-state index is -0.790. The Morgan fingerprint density at radius 1 is 0.578 bits per heavy atom. The van der Waals surface area contributed by atoms with Crippen molar-refractivity contribution in [3.8, 4) is 33.8 Å². The van der Waals surface area contributed by atoms with Gasteiger partial charge < -0.3 is 4.42 Å². The van der Waals surface area contributed by atoms with Gasteiger partial charge in [0.25, 0.3) is 0 Å². The van der Waals surface area contributed by atoms with Crippen molar-refractivity contribution in [3.05, 3.63) is 169 Å². The predicted molar refractivity (Wildman–Crippen MR) is 187 cm³/mol. The van der Waals surface area contributed by atoms with Gasteiger partial charge in [0, 0.05) is 28.5 Å². The highest BCUT2D eigenvalue weighted by Gasteiger charge is 2.38. The molecule has 1 unspecified atom stereocenters. The third-order valence-corrected chi connectivity index (χ3v) is 11.6. The van der Waals surface area contributed by atoms with Crippen LogP contribution in [0, 0.1) is 0 Å². The summed E-state index contributed by atoms with van der Waals surface area (Å²) < 4.78 is 6.65. The predicted octanol–water partition coefficient (Wildman–Crippen LogP) is 9.91. The van der Waals surface area contributed by atoms with Crippen molar-refractivity contribution >= 4 is 40.4 Å². The molecule has 0 saturated heterocycles. The molecule has 0 N–H and O–H groups in total. The molecule has 212 valence electrons. The number of rotatable bonds is 5. The zero-order valence-corrected chi connectivity index (χ0v) is 25.2. The largest absolute Gasteiger partial charge is 0.436 e. The van der Waals surface area contributed by atoms with Crippen molar-refractivity contribution in [1.82, 2.24) is 9.97 Å². The minimum Gasteiger partial charge on any atom is -0.436 e. The first-order valence-electron chi connectivity index (χ1n) is 15.2. The summed E-state index contributed by atoms with van der Waals surface area (Å²) in [5.74, 6) is 0.639. The average molecular weight is 595 g/mol. The molecule has 2 aromatic heterocycles. The summed E-state index contributed by atoms with van der Waals surface area (Å²) in [6.45, 7) is 0. The normalized spacial score (nSPS) is 13.8. The Kier molecular flexibility index (Phi) is 6.18. The van der Waals surface area contributed by atoms with Crippen LogP contribution in [0.25, 0.3) is 55.7 Å². The third-order valence-electron chi connectivity index (χ3n) is 8.82. The summed E-state index contributed by atoms with van der Waals surface area (Å²) >= 11 is 0. The number of pyridine rings is 1. The van der Waals surface area contributed by atoms with Gasteiger partial charge in [-0.05, 0) is 76.3 Å². The zero-order valence-electron chi connectivity index (χ0n) is 24.3. The monoisotopic (exact) mass is 594 g/mol. The Balaban J connectivity index is 1.27. The van der Waals surface area contributed by atoms with Crippen LogP contribution in [0.1, 0.15) is 16.8 Å². The van der Waals surface area contributed by atoms with Crippen LogP contribution >= 0.6 is 7.92 Å². The van der Waals surface area contributed by atoms with Crippen LogP contribution in [0.2, 0.25) is 0 Å². The number of oxazole rings is 1. The van der Waals surface area contributed by atoms with E-state index in [0.717, 1.165) is 38.7 Å². The Labute approximate surface area is 262 Å². The second kappa shape index (κ2) is 10.7. The van der Waals surface area contributed by atoms with Gasteiger partial charge in [0.2, 0.25) is 5.89 Å². The van der Waals surface area contributed by atoms with E-state index in [9.17, 15) is 0 Å². The minimum absolute atomic E-state index is 0.140. The Hall–Kier alpha value is -5.37. The zero-order chi connectivity index (χ0) is 29.7. The van der Waals surface area contributed by atoms with Crippen molar-refractivity contribution < 1.29 is 4.42 Å². The first-order chi connectivity index (χ1) is 22.3. The molecule has 0 amide bonds. The summed E-state index contributed by atoms with van der Waals surface area (Å²) in [7, 11) is -0.790. The Morgan fingerprint density at radius 2 is 1.31 bits per heavy atom. The molecule has 8 aromatic rings. The van der Waals surface area contributed by atoms with E-state index in [-0.39, 0.29) is 5.66 Å². The van der Waals surface area contributed by atoms with Crippen molar-refractivity contribution in [1.29, 1.82) is 0 Å². The lowest BCUT2D eigenvalue weighted by Crippen LogP contribution is -2.17. The highest BCUT2D eigenvalue weighted by molar-refractivity contribution is 7.73. The molecule has 0 spiro atoms. The van der Waals surface area contributed by atoms with Gasteiger partial charge in [0.1, 0.15) is 5.52 Å². The number of aromatic nitrogens is 2. The molecule has 0 saturated carbocycles. The van der Waals surface area contributed by atoms with Crippen molar-refractivity contribution in [3.63, 3.8) is 0 Å². The SMILES string of the molecule is c1ccc(P(c2ccccc2)C2c3ccccc3-c3ccc4oc(-c5cccc6ccc(-c7ccccn7)cc56)nc4c32)cc1. The van der Waals surface area contributed by atoms with Gasteiger partial charge in [-0.15, -0.1) is 0 Å². The molecule has 1 atom stereocenters. The van der Waals surface area contributed by atoms with E-state index >= 15 is 0 Å². The molecule has 1 aliphatic carbocycles. The maximum absolute atomic E-state index is 6.65. The molecule has 3 nitrogen and oxygen atoms in total.